The number of hydrogen-bond donors (Lipinski definition) is 3. The summed E-state index contributed by atoms with van der Waals surface area (Å²) in [5.41, 5.74) is 7.91. The number of benzene rings is 2. The number of carbonyl (C=O) groups is 3. The highest BCUT2D eigenvalue weighted by Gasteiger charge is 2.34. The topological polar surface area (TPSA) is 109 Å². The maximum absolute atomic E-state index is 13.2. The molecule has 0 heterocycles. The quantitative estimate of drug-likeness (QED) is 0.600. The number of hydrogen-bond acceptors (Lipinski definition) is 3. The molecule has 31 heavy (non-hydrogen) atoms. The van der Waals surface area contributed by atoms with Crippen LogP contribution in [0.4, 0.5) is 4.39 Å². The second kappa shape index (κ2) is 10.2. The first-order chi connectivity index (χ1) is 14.8. The van der Waals surface area contributed by atoms with Crippen molar-refractivity contribution < 1.29 is 23.9 Å². The fraction of sp³-hybridized carbons (Fsp3) is 0.375. The highest BCUT2D eigenvalue weighted by Crippen LogP contribution is 2.38. The summed E-state index contributed by atoms with van der Waals surface area (Å²) in [7, 11) is 0. The molecule has 4 N–H and O–H groups in total. The van der Waals surface area contributed by atoms with Gasteiger partial charge in [0.15, 0.2) is 0 Å². The number of halogens is 1. The molecule has 0 spiro atoms. The molecule has 0 radical (unpaired) electrons. The lowest BCUT2D eigenvalue weighted by Gasteiger charge is -2.32. The van der Waals surface area contributed by atoms with E-state index in [0.29, 0.717) is 18.4 Å². The second-order valence-corrected chi connectivity index (χ2v) is 8.03. The fourth-order valence-electron chi connectivity index (χ4n) is 4.25. The largest absolute Gasteiger partial charge is 0.481 e. The van der Waals surface area contributed by atoms with Crippen LogP contribution in [0.2, 0.25) is 0 Å². The molecule has 0 aromatic heterocycles. The van der Waals surface area contributed by atoms with E-state index in [2.05, 4.69) is 5.32 Å². The van der Waals surface area contributed by atoms with Gasteiger partial charge in [-0.15, -0.1) is 0 Å². The van der Waals surface area contributed by atoms with E-state index in [1.165, 1.54) is 24.3 Å². The molecule has 3 atom stereocenters. The Morgan fingerprint density at radius 1 is 1.03 bits per heavy atom. The Morgan fingerprint density at radius 2 is 1.68 bits per heavy atom. The molecule has 1 fully saturated rings. The molecule has 2 aromatic rings. The summed E-state index contributed by atoms with van der Waals surface area (Å²) in [5.74, 6) is -2.51. The van der Waals surface area contributed by atoms with Crippen LogP contribution in [0.5, 0.6) is 0 Å². The molecule has 1 aliphatic carbocycles. The molecule has 0 saturated heterocycles. The van der Waals surface area contributed by atoms with Crippen molar-refractivity contribution in [1.29, 1.82) is 0 Å². The van der Waals surface area contributed by atoms with E-state index in [4.69, 9.17) is 10.8 Å². The van der Waals surface area contributed by atoms with Crippen LogP contribution in [0, 0.1) is 11.7 Å². The van der Waals surface area contributed by atoms with Gasteiger partial charge in [0.2, 0.25) is 11.8 Å². The summed E-state index contributed by atoms with van der Waals surface area (Å²) >= 11 is 0. The first-order valence-corrected chi connectivity index (χ1v) is 10.5. The summed E-state index contributed by atoms with van der Waals surface area (Å²) in [6.45, 7) is 0. The van der Waals surface area contributed by atoms with Gasteiger partial charge in [-0.1, -0.05) is 49.2 Å². The molecular formula is C24H27FN2O4. The third kappa shape index (κ3) is 5.90. The van der Waals surface area contributed by atoms with Crippen LogP contribution >= 0.6 is 0 Å². The molecule has 164 valence electrons. The maximum atomic E-state index is 13.2. The van der Waals surface area contributed by atoms with E-state index in [-0.39, 0.29) is 24.2 Å². The highest BCUT2D eigenvalue weighted by atomic mass is 19.1. The Bertz CT molecular complexity index is 928. The number of rotatable bonds is 8. The first-order valence-electron chi connectivity index (χ1n) is 10.5. The van der Waals surface area contributed by atoms with Crippen molar-refractivity contribution in [1.82, 2.24) is 5.32 Å². The van der Waals surface area contributed by atoms with Gasteiger partial charge in [0.1, 0.15) is 11.9 Å². The maximum Gasteiger partial charge on any atom is 0.303 e. The Labute approximate surface area is 180 Å². The molecular weight excluding hydrogens is 399 g/mol. The molecule has 2 aromatic carbocycles. The minimum atomic E-state index is -1.02. The van der Waals surface area contributed by atoms with Crippen LogP contribution in [0.1, 0.15) is 60.8 Å². The van der Waals surface area contributed by atoms with Gasteiger partial charge in [-0.3, -0.25) is 14.4 Å². The standard InChI is InChI=1S/C24H27FN2O4/c25-18-12-10-17(11-13-18)22(23(26)30)27-24(31)20-4-2-1-3-19(20)16-8-5-15(6-9-16)7-14-21(28)29/h5-6,8-13,19-20,22H,1-4,7,14H2,(H2,26,30)(H,27,31)(H,28,29). The molecule has 3 unspecified atom stereocenters. The summed E-state index contributed by atoms with van der Waals surface area (Å²) in [6.07, 6.45) is 4.01. The van der Waals surface area contributed by atoms with Crippen molar-refractivity contribution in [3.63, 3.8) is 0 Å². The van der Waals surface area contributed by atoms with Gasteiger partial charge in [0.05, 0.1) is 0 Å². The molecule has 1 aliphatic rings. The van der Waals surface area contributed by atoms with Crippen LogP contribution in [-0.4, -0.2) is 22.9 Å². The number of carboxylic acids is 1. The van der Waals surface area contributed by atoms with Crippen LogP contribution in [-0.2, 0) is 20.8 Å². The van der Waals surface area contributed by atoms with E-state index in [1.54, 1.807) is 0 Å². The smallest absolute Gasteiger partial charge is 0.303 e. The number of carboxylic acid groups (broad SMARTS) is 1. The first kappa shape index (κ1) is 22.5. The molecule has 7 heteroatoms. The predicted octanol–water partition coefficient (Wildman–Crippen LogP) is 3.46. The summed E-state index contributed by atoms with van der Waals surface area (Å²) in [4.78, 5) is 35.9. The highest BCUT2D eigenvalue weighted by molar-refractivity contribution is 5.89. The normalized spacial score (nSPS) is 19.4. The van der Waals surface area contributed by atoms with Crippen molar-refractivity contribution >= 4 is 17.8 Å². The third-order valence-electron chi connectivity index (χ3n) is 5.91. The SMILES string of the molecule is NC(=O)C(NC(=O)C1CCCCC1c1ccc(CCC(=O)O)cc1)c1ccc(F)cc1. The van der Waals surface area contributed by atoms with Gasteiger partial charge in [0, 0.05) is 12.3 Å². The number of carbonyl (C=O) groups excluding carboxylic acids is 2. The number of amides is 2. The minimum Gasteiger partial charge on any atom is -0.481 e. The van der Waals surface area contributed by atoms with Crippen LogP contribution in [0.3, 0.4) is 0 Å². The van der Waals surface area contributed by atoms with Gasteiger partial charge in [0.25, 0.3) is 0 Å². The van der Waals surface area contributed by atoms with Crippen molar-refractivity contribution in [3.8, 4) is 0 Å². The Balaban J connectivity index is 1.74. The van der Waals surface area contributed by atoms with Gasteiger partial charge in [-0.2, -0.15) is 0 Å². The molecule has 0 aliphatic heterocycles. The van der Waals surface area contributed by atoms with Crippen molar-refractivity contribution in [3.05, 3.63) is 71.0 Å². The zero-order valence-electron chi connectivity index (χ0n) is 17.2. The van der Waals surface area contributed by atoms with Crippen LogP contribution < -0.4 is 11.1 Å². The second-order valence-electron chi connectivity index (χ2n) is 8.03. The molecule has 3 rings (SSSR count). The lowest BCUT2D eigenvalue weighted by molar-refractivity contribution is -0.137. The summed E-state index contributed by atoms with van der Waals surface area (Å²) in [6, 6.07) is 12.1. The van der Waals surface area contributed by atoms with E-state index >= 15 is 0 Å². The number of nitrogens with one attached hydrogen (secondary N) is 1. The van der Waals surface area contributed by atoms with Gasteiger partial charge in [-0.25, -0.2) is 4.39 Å². The number of nitrogens with two attached hydrogens (primary N) is 1. The molecule has 2 amide bonds. The molecule has 0 bridgehead atoms. The lowest BCUT2D eigenvalue weighted by atomic mass is 9.74. The van der Waals surface area contributed by atoms with Crippen molar-refractivity contribution in [2.24, 2.45) is 11.7 Å². The predicted molar refractivity (Wildman–Crippen MR) is 114 cm³/mol. The minimum absolute atomic E-state index is 0.00372. The number of aliphatic carboxylic acids is 1. The van der Waals surface area contributed by atoms with Gasteiger partial charge < -0.3 is 16.2 Å². The van der Waals surface area contributed by atoms with E-state index in [0.717, 1.165) is 30.4 Å². The number of aryl methyl sites for hydroxylation is 1. The van der Waals surface area contributed by atoms with E-state index in [9.17, 15) is 18.8 Å². The Morgan fingerprint density at radius 3 is 2.29 bits per heavy atom. The Kier molecular flexibility index (Phi) is 7.39. The fourth-order valence-corrected chi connectivity index (χ4v) is 4.25. The number of primary amides is 1. The van der Waals surface area contributed by atoms with Crippen LogP contribution in [0.25, 0.3) is 0 Å². The van der Waals surface area contributed by atoms with Gasteiger partial charge in [-0.05, 0) is 54.0 Å². The molecule has 6 nitrogen and oxygen atoms in total. The summed E-state index contributed by atoms with van der Waals surface area (Å²) in [5, 5.41) is 11.6. The van der Waals surface area contributed by atoms with E-state index in [1.807, 2.05) is 24.3 Å². The monoisotopic (exact) mass is 426 g/mol. The average molecular weight is 426 g/mol. The zero-order valence-corrected chi connectivity index (χ0v) is 17.2. The van der Waals surface area contributed by atoms with Crippen molar-refractivity contribution in [2.45, 2.75) is 50.5 Å². The lowest BCUT2D eigenvalue weighted by Crippen LogP contribution is -2.42. The molecule has 1 saturated carbocycles. The average Bonchev–Trinajstić information content (AvgIpc) is 2.77. The van der Waals surface area contributed by atoms with Crippen molar-refractivity contribution in [2.75, 3.05) is 0 Å². The third-order valence-corrected chi connectivity index (χ3v) is 5.91. The van der Waals surface area contributed by atoms with Gasteiger partial charge >= 0.3 is 5.97 Å². The van der Waals surface area contributed by atoms with E-state index < -0.39 is 23.7 Å². The van der Waals surface area contributed by atoms with Crippen LogP contribution in [0.15, 0.2) is 48.5 Å². The Hall–Kier alpha value is -3.22. The summed E-state index contributed by atoms with van der Waals surface area (Å²) < 4.78 is 13.2. The zero-order chi connectivity index (χ0) is 22.4.